The number of carbonyl (C=O) groups excluding carboxylic acids is 1. The average molecular weight is 377 g/mol. The summed E-state index contributed by atoms with van der Waals surface area (Å²) in [5.41, 5.74) is 2.45. The van der Waals surface area contributed by atoms with Crippen LogP contribution in [0.1, 0.15) is 33.7 Å². The minimum Gasteiger partial charge on any atom is -0.347 e. The van der Waals surface area contributed by atoms with Crippen LogP contribution in [0.25, 0.3) is 5.69 Å². The minimum atomic E-state index is -0.528. The monoisotopic (exact) mass is 377 g/mol. The number of rotatable bonds is 3. The smallest absolute Gasteiger partial charge is 0.276 e. The number of carbonyl (C=O) groups is 1. The SMILES string of the molecule is Cc1cc(=O)c(C(=O)NC2CCc3ccccc3C2)nn1-c1ccccc1F. The Balaban J connectivity index is 1.61. The van der Waals surface area contributed by atoms with Crippen molar-refractivity contribution in [2.24, 2.45) is 0 Å². The highest BCUT2D eigenvalue weighted by Gasteiger charge is 2.23. The molecule has 1 unspecified atom stereocenters. The predicted molar refractivity (Wildman–Crippen MR) is 104 cm³/mol. The fraction of sp³-hybridized carbons (Fsp3) is 0.227. The molecular weight excluding hydrogens is 357 g/mol. The van der Waals surface area contributed by atoms with Crippen molar-refractivity contribution in [3.63, 3.8) is 0 Å². The van der Waals surface area contributed by atoms with E-state index in [2.05, 4.69) is 22.5 Å². The molecule has 0 aliphatic heterocycles. The fourth-order valence-electron chi connectivity index (χ4n) is 3.65. The van der Waals surface area contributed by atoms with Crippen LogP contribution in [0.3, 0.4) is 0 Å². The molecule has 28 heavy (non-hydrogen) atoms. The van der Waals surface area contributed by atoms with Gasteiger partial charge < -0.3 is 5.32 Å². The van der Waals surface area contributed by atoms with Gasteiger partial charge >= 0.3 is 0 Å². The van der Waals surface area contributed by atoms with Gasteiger partial charge in [0.15, 0.2) is 5.69 Å². The lowest BCUT2D eigenvalue weighted by molar-refractivity contribution is 0.0925. The molecule has 0 radical (unpaired) electrons. The quantitative estimate of drug-likeness (QED) is 0.763. The van der Waals surface area contributed by atoms with E-state index in [1.165, 1.54) is 27.9 Å². The Labute approximate surface area is 161 Å². The highest BCUT2D eigenvalue weighted by atomic mass is 19.1. The summed E-state index contributed by atoms with van der Waals surface area (Å²) < 4.78 is 15.5. The van der Waals surface area contributed by atoms with E-state index in [-0.39, 0.29) is 17.4 Å². The van der Waals surface area contributed by atoms with Crippen molar-refractivity contribution in [3.05, 3.63) is 93.2 Å². The lowest BCUT2D eigenvalue weighted by atomic mass is 9.88. The second-order valence-electron chi connectivity index (χ2n) is 7.04. The minimum absolute atomic E-state index is 0.0631. The van der Waals surface area contributed by atoms with E-state index in [1.54, 1.807) is 25.1 Å². The van der Waals surface area contributed by atoms with Crippen LogP contribution < -0.4 is 10.7 Å². The Bertz CT molecular complexity index is 1110. The fourth-order valence-corrected chi connectivity index (χ4v) is 3.65. The Hall–Kier alpha value is -3.28. The summed E-state index contributed by atoms with van der Waals surface area (Å²) in [6.45, 7) is 1.65. The summed E-state index contributed by atoms with van der Waals surface area (Å²) in [6, 6.07) is 15.5. The van der Waals surface area contributed by atoms with E-state index in [4.69, 9.17) is 0 Å². The highest BCUT2D eigenvalue weighted by Crippen LogP contribution is 2.21. The van der Waals surface area contributed by atoms with E-state index < -0.39 is 17.2 Å². The number of hydrogen-bond donors (Lipinski definition) is 1. The summed E-state index contributed by atoms with van der Waals surface area (Å²) in [5.74, 6) is -1.00. The molecule has 0 fully saturated rings. The van der Waals surface area contributed by atoms with E-state index in [0.29, 0.717) is 5.69 Å². The van der Waals surface area contributed by atoms with Crippen molar-refractivity contribution in [1.29, 1.82) is 0 Å². The molecule has 1 heterocycles. The van der Waals surface area contributed by atoms with E-state index in [0.717, 1.165) is 19.3 Å². The summed E-state index contributed by atoms with van der Waals surface area (Å²) in [7, 11) is 0. The summed E-state index contributed by atoms with van der Waals surface area (Å²) >= 11 is 0. The van der Waals surface area contributed by atoms with Crippen molar-refractivity contribution < 1.29 is 9.18 Å². The molecule has 3 aromatic rings. The molecule has 0 bridgehead atoms. The van der Waals surface area contributed by atoms with Crippen molar-refractivity contribution >= 4 is 5.91 Å². The second kappa shape index (κ2) is 7.38. The number of amides is 1. The first-order valence-electron chi connectivity index (χ1n) is 9.26. The van der Waals surface area contributed by atoms with Crippen LogP contribution in [0.15, 0.2) is 59.4 Å². The zero-order chi connectivity index (χ0) is 19.7. The van der Waals surface area contributed by atoms with Gasteiger partial charge in [-0.1, -0.05) is 36.4 Å². The summed E-state index contributed by atoms with van der Waals surface area (Å²) in [5, 5.41) is 7.09. The number of nitrogens with zero attached hydrogens (tertiary/aromatic N) is 2. The maximum atomic E-state index is 14.2. The van der Waals surface area contributed by atoms with Gasteiger partial charge in [0.1, 0.15) is 11.5 Å². The van der Waals surface area contributed by atoms with Crippen LogP contribution in [0.2, 0.25) is 0 Å². The molecule has 2 aromatic carbocycles. The molecule has 1 aromatic heterocycles. The van der Waals surface area contributed by atoms with E-state index >= 15 is 0 Å². The predicted octanol–water partition coefficient (Wildman–Crippen LogP) is 2.97. The van der Waals surface area contributed by atoms with Gasteiger partial charge in [-0.05, 0) is 49.4 Å². The third-order valence-electron chi connectivity index (χ3n) is 5.09. The third kappa shape index (κ3) is 3.45. The maximum Gasteiger partial charge on any atom is 0.276 e. The van der Waals surface area contributed by atoms with Gasteiger partial charge in [0.2, 0.25) is 5.43 Å². The molecule has 142 valence electrons. The number of para-hydroxylation sites is 1. The second-order valence-corrected chi connectivity index (χ2v) is 7.04. The van der Waals surface area contributed by atoms with Gasteiger partial charge in [0.25, 0.3) is 5.91 Å². The maximum absolute atomic E-state index is 14.2. The topological polar surface area (TPSA) is 64.0 Å². The van der Waals surface area contributed by atoms with Crippen LogP contribution in [0, 0.1) is 12.7 Å². The Morgan fingerprint density at radius 2 is 1.86 bits per heavy atom. The van der Waals surface area contributed by atoms with Gasteiger partial charge in [-0.3, -0.25) is 9.59 Å². The van der Waals surface area contributed by atoms with E-state index in [1.807, 2.05) is 12.1 Å². The van der Waals surface area contributed by atoms with E-state index in [9.17, 15) is 14.0 Å². The molecular formula is C22H20FN3O2. The number of nitrogens with one attached hydrogen (secondary N) is 1. The number of aryl methyl sites for hydroxylation is 2. The standard InChI is InChI=1S/C22H20FN3O2/c1-14-12-20(27)21(25-26(14)19-9-5-4-8-18(19)23)22(28)24-17-11-10-15-6-2-3-7-16(15)13-17/h2-9,12,17H,10-11,13H2,1H3,(H,24,28). The molecule has 0 spiro atoms. The largest absolute Gasteiger partial charge is 0.347 e. The van der Waals surface area contributed by atoms with Gasteiger partial charge in [-0.25, -0.2) is 9.07 Å². The first-order chi connectivity index (χ1) is 13.5. The number of fused-ring (bicyclic) bond motifs is 1. The number of hydrogen-bond acceptors (Lipinski definition) is 3. The van der Waals surface area contributed by atoms with Crippen molar-refractivity contribution in [2.45, 2.75) is 32.2 Å². The molecule has 1 aliphatic carbocycles. The highest BCUT2D eigenvalue weighted by molar-refractivity contribution is 5.92. The molecule has 5 nitrogen and oxygen atoms in total. The molecule has 0 saturated carbocycles. The molecule has 1 aliphatic rings. The summed E-state index contributed by atoms with van der Waals surface area (Å²) in [4.78, 5) is 25.1. The number of aromatic nitrogens is 2. The zero-order valence-corrected chi connectivity index (χ0v) is 15.5. The van der Waals surface area contributed by atoms with Gasteiger partial charge in [-0.2, -0.15) is 5.10 Å². The van der Waals surface area contributed by atoms with Crippen LogP contribution in [0.5, 0.6) is 0 Å². The first kappa shape index (κ1) is 18.1. The zero-order valence-electron chi connectivity index (χ0n) is 15.5. The molecule has 1 amide bonds. The molecule has 1 atom stereocenters. The van der Waals surface area contributed by atoms with Crippen LogP contribution in [-0.4, -0.2) is 21.7 Å². The normalized spacial score (nSPS) is 15.7. The van der Waals surface area contributed by atoms with Crippen molar-refractivity contribution in [2.75, 3.05) is 0 Å². The van der Waals surface area contributed by atoms with Gasteiger partial charge in [0.05, 0.1) is 0 Å². The Morgan fingerprint density at radius 3 is 2.64 bits per heavy atom. The van der Waals surface area contributed by atoms with Crippen molar-refractivity contribution in [3.8, 4) is 5.69 Å². The van der Waals surface area contributed by atoms with Crippen LogP contribution in [-0.2, 0) is 12.8 Å². The van der Waals surface area contributed by atoms with Gasteiger partial charge in [-0.15, -0.1) is 0 Å². The average Bonchev–Trinajstić information content (AvgIpc) is 2.69. The molecule has 1 N–H and O–H groups in total. The summed E-state index contributed by atoms with van der Waals surface area (Å²) in [6.07, 6.45) is 2.40. The first-order valence-corrected chi connectivity index (χ1v) is 9.26. The van der Waals surface area contributed by atoms with Crippen molar-refractivity contribution in [1.82, 2.24) is 15.1 Å². The lowest BCUT2D eigenvalue weighted by Crippen LogP contribution is -2.41. The number of halogens is 1. The molecule has 6 heteroatoms. The Morgan fingerprint density at radius 1 is 1.14 bits per heavy atom. The van der Waals surface area contributed by atoms with Gasteiger partial charge in [0, 0.05) is 17.8 Å². The van der Waals surface area contributed by atoms with Crippen LogP contribution >= 0.6 is 0 Å². The third-order valence-corrected chi connectivity index (χ3v) is 5.09. The lowest BCUT2D eigenvalue weighted by Gasteiger charge is -2.25. The van der Waals surface area contributed by atoms with Crippen LogP contribution in [0.4, 0.5) is 4.39 Å². The number of benzene rings is 2. The molecule has 4 rings (SSSR count). The molecule has 0 saturated heterocycles. The Kier molecular flexibility index (Phi) is 4.77.